The topological polar surface area (TPSA) is 129 Å². The zero-order valence-electron chi connectivity index (χ0n) is 4.66. The minimum atomic E-state index is -4.86. The van der Waals surface area contributed by atoms with Crippen LogP contribution in [0.1, 0.15) is 0 Å². The lowest BCUT2D eigenvalue weighted by Crippen LogP contribution is -2.10. The number of hydrogen-bond donors (Lipinski definition) is 2. The largest absolute Gasteiger partial charge is 0.575 e. The molecule has 0 saturated heterocycles. The molecule has 0 atom stereocenters. The second kappa shape index (κ2) is 4.05. The molecular formula is CH2O9S. The van der Waals surface area contributed by atoms with Crippen LogP contribution >= 0.6 is 0 Å². The lowest BCUT2D eigenvalue weighted by molar-refractivity contribution is -0.446. The van der Waals surface area contributed by atoms with Crippen LogP contribution in [-0.2, 0) is 29.5 Å². The number of rotatable bonds is 3. The van der Waals surface area contributed by atoms with Crippen LogP contribution in [-0.4, -0.2) is 24.4 Å². The van der Waals surface area contributed by atoms with E-state index in [2.05, 4.69) is 19.1 Å². The second-order valence-corrected chi connectivity index (χ2v) is 1.98. The van der Waals surface area contributed by atoms with E-state index in [0.29, 0.717) is 0 Å². The summed E-state index contributed by atoms with van der Waals surface area (Å²) in [4.78, 5) is 15.7. The number of carbonyl (C=O) groups excluding carboxylic acids is 1. The first kappa shape index (κ1) is 10.1. The molecule has 0 aromatic carbocycles. The standard InChI is InChI=1S/CH2O9S/c2-1(7-3)8-9-10-11(4,5)6/h3H,(H,4,5,6). The molecule has 0 rings (SSSR count). The number of carbonyl (C=O) groups is 1. The molecule has 0 saturated carbocycles. The highest BCUT2D eigenvalue weighted by molar-refractivity contribution is 7.80. The summed E-state index contributed by atoms with van der Waals surface area (Å²) >= 11 is 0. The quantitative estimate of drug-likeness (QED) is 0.336. The highest BCUT2D eigenvalue weighted by Crippen LogP contribution is 1.90. The van der Waals surface area contributed by atoms with Gasteiger partial charge in [-0.2, -0.15) is 18.5 Å². The fourth-order valence-electron chi connectivity index (χ4n) is 0.0920. The smallest absolute Gasteiger partial charge is 0.262 e. The van der Waals surface area contributed by atoms with Crippen LogP contribution in [0.5, 0.6) is 0 Å². The SMILES string of the molecule is O=C(OO)OOOS(=O)(=O)O. The maximum atomic E-state index is 9.72. The number of hydrogen-bond acceptors (Lipinski definition) is 8. The molecule has 0 fully saturated rings. The van der Waals surface area contributed by atoms with E-state index >= 15 is 0 Å². The molecule has 0 unspecified atom stereocenters. The Morgan fingerprint density at radius 1 is 1.36 bits per heavy atom. The summed E-state index contributed by atoms with van der Waals surface area (Å²) in [6, 6.07) is 0. The highest BCUT2D eigenvalue weighted by Gasteiger charge is 2.10. The Kier molecular flexibility index (Phi) is 3.70. The zero-order valence-corrected chi connectivity index (χ0v) is 5.48. The van der Waals surface area contributed by atoms with Gasteiger partial charge in [-0.05, 0) is 4.33 Å². The Hall–Kier alpha value is -0.940. The van der Waals surface area contributed by atoms with E-state index in [4.69, 9.17) is 9.81 Å². The van der Waals surface area contributed by atoms with Gasteiger partial charge in [-0.1, -0.05) is 0 Å². The predicted octanol–water partition coefficient (Wildman–Crippen LogP) is -0.721. The van der Waals surface area contributed by atoms with Gasteiger partial charge in [0.15, 0.2) is 0 Å². The van der Waals surface area contributed by atoms with Crippen molar-refractivity contribution in [1.82, 2.24) is 0 Å². The van der Waals surface area contributed by atoms with E-state index < -0.39 is 16.6 Å². The highest BCUT2D eigenvalue weighted by atomic mass is 32.3. The first-order valence-electron chi connectivity index (χ1n) is 1.81. The Labute approximate surface area is 59.8 Å². The van der Waals surface area contributed by atoms with Crippen molar-refractivity contribution < 1.29 is 42.2 Å². The van der Waals surface area contributed by atoms with Gasteiger partial charge in [0, 0.05) is 5.04 Å². The molecule has 0 aliphatic heterocycles. The van der Waals surface area contributed by atoms with Gasteiger partial charge in [-0.25, -0.2) is 4.89 Å². The summed E-state index contributed by atoms with van der Waals surface area (Å²) in [6.07, 6.45) is -1.77. The molecule has 0 amide bonds. The van der Waals surface area contributed by atoms with Crippen LogP contribution in [0.4, 0.5) is 4.79 Å². The minimum absolute atomic E-state index is 1.77. The van der Waals surface area contributed by atoms with Gasteiger partial charge in [0.2, 0.25) is 0 Å². The van der Waals surface area contributed by atoms with Crippen LogP contribution in [0.25, 0.3) is 0 Å². The summed E-state index contributed by atoms with van der Waals surface area (Å²) < 4.78 is 30.0. The third-order valence-corrected chi connectivity index (χ3v) is 0.518. The maximum Gasteiger partial charge on any atom is 0.575 e. The molecular weight excluding hydrogens is 188 g/mol. The zero-order chi connectivity index (χ0) is 8.91. The molecule has 0 bridgehead atoms. The molecule has 2 N–H and O–H groups in total. The van der Waals surface area contributed by atoms with Gasteiger partial charge in [0.05, 0.1) is 0 Å². The molecule has 0 radical (unpaired) electrons. The van der Waals surface area contributed by atoms with Crippen LogP contribution in [0, 0.1) is 0 Å². The van der Waals surface area contributed by atoms with Gasteiger partial charge >= 0.3 is 16.6 Å². The van der Waals surface area contributed by atoms with Crippen LogP contribution in [0.3, 0.4) is 0 Å². The molecule has 11 heavy (non-hydrogen) atoms. The lowest BCUT2D eigenvalue weighted by atomic mass is 11.4. The second-order valence-electron chi connectivity index (χ2n) is 0.988. The third-order valence-electron chi connectivity index (χ3n) is 0.290. The predicted molar refractivity (Wildman–Crippen MR) is 23.9 cm³/mol. The maximum absolute atomic E-state index is 9.72. The van der Waals surface area contributed by atoms with Crippen molar-refractivity contribution in [3.05, 3.63) is 0 Å². The van der Waals surface area contributed by atoms with Gasteiger partial charge < -0.3 is 0 Å². The normalized spacial score (nSPS) is 10.7. The fourth-order valence-corrected chi connectivity index (χ4v) is 0.190. The third kappa shape index (κ3) is 6.95. The van der Waals surface area contributed by atoms with E-state index in [1.807, 2.05) is 0 Å². The molecule has 0 heterocycles. The van der Waals surface area contributed by atoms with Gasteiger partial charge in [-0.3, -0.25) is 9.44 Å². The van der Waals surface area contributed by atoms with Gasteiger partial charge in [0.25, 0.3) is 0 Å². The Morgan fingerprint density at radius 2 is 1.91 bits per heavy atom. The van der Waals surface area contributed by atoms with E-state index in [1.165, 1.54) is 0 Å². The van der Waals surface area contributed by atoms with E-state index in [-0.39, 0.29) is 0 Å². The first-order valence-corrected chi connectivity index (χ1v) is 3.18. The molecule has 9 nitrogen and oxygen atoms in total. The molecule has 0 aromatic heterocycles. The van der Waals surface area contributed by atoms with Gasteiger partial charge in [-0.15, -0.1) is 0 Å². The molecule has 0 aliphatic carbocycles. The molecule has 0 aliphatic rings. The van der Waals surface area contributed by atoms with E-state index in [0.717, 1.165) is 0 Å². The Morgan fingerprint density at radius 3 is 2.27 bits per heavy atom. The lowest BCUT2D eigenvalue weighted by Gasteiger charge is -1.94. The summed E-state index contributed by atoms with van der Waals surface area (Å²) in [5.41, 5.74) is 0. The average molecular weight is 190 g/mol. The summed E-state index contributed by atoms with van der Waals surface area (Å²) in [5.74, 6) is 0. The molecule has 0 spiro atoms. The first-order chi connectivity index (χ1) is 4.95. The van der Waals surface area contributed by atoms with Gasteiger partial charge in [0.1, 0.15) is 0 Å². The van der Waals surface area contributed by atoms with Crippen molar-refractivity contribution >= 4 is 16.6 Å². The van der Waals surface area contributed by atoms with Crippen molar-refractivity contribution in [1.29, 1.82) is 0 Å². The summed E-state index contributed by atoms with van der Waals surface area (Å²) in [7, 11) is -4.86. The van der Waals surface area contributed by atoms with Crippen LogP contribution in [0.2, 0.25) is 0 Å². The van der Waals surface area contributed by atoms with Crippen molar-refractivity contribution in [3.8, 4) is 0 Å². The molecule has 0 aromatic rings. The van der Waals surface area contributed by atoms with Crippen molar-refractivity contribution in [2.24, 2.45) is 0 Å². The minimum Gasteiger partial charge on any atom is -0.262 e. The van der Waals surface area contributed by atoms with Crippen LogP contribution < -0.4 is 0 Å². The Balaban J connectivity index is 3.51. The van der Waals surface area contributed by atoms with E-state index in [1.54, 1.807) is 0 Å². The molecule has 10 heteroatoms. The molecule has 66 valence electrons. The van der Waals surface area contributed by atoms with Crippen molar-refractivity contribution in [2.75, 3.05) is 0 Å². The average Bonchev–Trinajstić information content (AvgIpc) is 1.85. The Bertz CT molecular complexity index is 212. The van der Waals surface area contributed by atoms with Crippen LogP contribution in [0.15, 0.2) is 0 Å². The van der Waals surface area contributed by atoms with Crippen molar-refractivity contribution in [2.45, 2.75) is 0 Å². The summed E-state index contributed by atoms with van der Waals surface area (Å²) in [6.45, 7) is 0. The monoisotopic (exact) mass is 190 g/mol. The van der Waals surface area contributed by atoms with E-state index in [9.17, 15) is 13.2 Å². The van der Waals surface area contributed by atoms with Crippen molar-refractivity contribution in [3.63, 3.8) is 0 Å². The summed E-state index contributed by atoms with van der Waals surface area (Å²) in [5, 5.41) is 10.5. The fraction of sp³-hybridized carbons (Fsp3) is 0.